The van der Waals surface area contributed by atoms with Gasteiger partial charge < -0.3 is 9.88 Å². The molecule has 0 atom stereocenters. The Hall–Kier alpha value is -1.54. The minimum absolute atomic E-state index is 0.963. The van der Waals surface area contributed by atoms with E-state index < -0.39 is 0 Å². The zero-order chi connectivity index (χ0) is 13.0. The Kier molecular flexibility index (Phi) is 4.21. The van der Waals surface area contributed by atoms with Gasteiger partial charge in [-0.3, -0.25) is 0 Å². The molecular weight excluding hydrogens is 220 g/mol. The molecule has 0 spiro atoms. The van der Waals surface area contributed by atoms with Gasteiger partial charge in [0.15, 0.2) is 0 Å². The van der Waals surface area contributed by atoms with E-state index in [1.165, 1.54) is 22.5 Å². The van der Waals surface area contributed by atoms with Crippen LogP contribution in [0.2, 0.25) is 0 Å². The number of nitrogens with zero attached hydrogens (tertiary/aromatic N) is 1. The van der Waals surface area contributed by atoms with Crippen molar-refractivity contribution < 1.29 is 0 Å². The Bertz CT molecular complexity index is 497. The monoisotopic (exact) mass is 242 g/mol. The van der Waals surface area contributed by atoms with Crippen LogP contribution in [-0.2, 0) is 13.1 Å². The summed E-state index contributed by atoms with van der Waals surface area (Å²) in [5, 5.41) is 3.40. The first-order valence-electron chi connectivity index (χ1n) is 6.62. The van der Waals surface area contributed by atoms with Crippen LogP contribution in [0, 0.1) is 13.8 Å². The van der Waals surface area contributed by atoms with Crippen LogP contribution < -0.4 is 5.32 Å². The summed E-state index contributed by atoms with van der Waals surface area (Å²) in [6, 6.07) is 12.9. The number of nitrogens with one attached hydrogen (secondary N) is 1. The van der Waals surface area contributed by atoms with Crippen LogP contribution in [0.1, 0.15) is 29.4 Å². The van der Waals surface area contributed by atoms with E-state index in [1.54, 1.807) is 0 Å². The van der Waals surface area contributed by atoms with Crippen LogP contribution in [0.5, 0.6) is 0 Å². The summed E-state index contributed by atoms with van der Waals surface area (Å²) in [5.41, 5.74) is 5.47. The molecule has 18 heavy (non-hydrogen) atoms. The van der Waals surface area contributed by atoms with E-state index in [0.29, 0.717) is 0 Å². The fourth-order valence-corrected chi connectivity index (χ4v) is 2.32. The summed E-state index contributed by atoms with van der Waals surface area (Å²) >= 11 is 0. The highest BCUT2D eigenvalue weighted by molar-refractivity contribution is 5.28. The van der Waals surface area contributed by atoms with Gasteiger partial charge in [-0.15, -0.1) is 0 Å². The number of aryl methyl sites for hydroxylation is 1. The molecule has 96 valence electrons. The molecule has 2 heteroatoms. The van der Waals surface area contributed by atoms with Gasteiger partial charge in [-0.05, 0) is 37.6 Å². The summed E-state index contributed by atoms with van der Waals surface area (Å²) in [6.07, 6.45) is 0. The molecule has 1 aromatic carbocycles. The Morgan fingerprint density at radius 3 is 2.50 bits per heavy atom. The van der Waals surface area contributed by atoms with Crippen molar-refractivity contribution in [3.8, 4) is 0 Å². The first-order valence-corrected chi connectivity index (χ1v) is 6.62. The lowest BCUT2D eigenvalue weighted by Crippen LogP contribution is -2.12. The number of hydrogen-bond donors (Lipinski definition) is 1. The molecule has 1 N–H and O–H groups in total. The molecule has 1 heterocycles. The molecule has 0 amide bonds. The maximum Gasteiger partial charge on any atom is 0.0475 e. The smallest absolute Gasteiger partial charge is 0.0475 e. The van der Waals surface area contributed by atoms with E-state index in [2.05, 4.69) is 67.1 Å². The number of aromatic nitrogens is 1. The van der Waals surface area contributed by atoms with Crippen molar-refractivity contribution in [2.75, 3.05) is 6.54 Å². The third-order valence-electron chi connectivity index (χ3n) is 3.43. The average molecular weight is 242 g/mol. The fraction of sp³-hybridized carbons (Fsp3) is 0.375. The second kappa shape index (κ2) is 5.87. The third-order valence-corrected chi connectivity index (χ3v) is 3.43. The maximum atomic E-state index is 3.40. The van der Waals surface area contributed by atoms with E-state index in [9.17, 15) is 0 Å². The summed E-state index contributed by atoms with van der Waals surface area (Å²) in [4.78, 5) is 0. The largest absolute Gasteiger partial charge is 0.344 e. The van der Waals surface area contributed by atoms with Crippen LogP contribution in [0.25, 0.3) is 0 Å². The van der Waals surface area contributed by atoms with Gasteiger partial charge in [0, 0.05) is 24.5 Å². The normalized spacial score (nSPS) is 10.8. The van der Waals surface area contributed by atoms with Gasteiger partial charge >= 0.3 is 0 Å². The molecule has 0 radical (unpaired) electrons. The SMILES string of the molecule is CCNCc1cc(C)n(Cc2ccccc2)c1C. The second-order valence-electron chi connectivity index (χ2n) is 4.75. The minimum Gasteiger partial charge on any atom is -0.344 e. The van der Waals surface area contributed by atoms with Crippen LogP contribution in [0.15, 0.2) is 36.4 Å². The predicted molar refractivity (Wildman–Crippen MR) is 76.8 cm³/mol. The first-order chi connectivity index (χ1) is 8.72. The standard InChI is InChI=1S/C16H22N2/c1-4-17-11-16-10-13(2)18(14(16)3)12-15-8-6-5-7-9-15/h5-10,17H,4,11-12H2,1-3H3. The van der Waals surface area contributed by atoms with E-state index in [0.717, 1.165) is 19.6 Å². The van der Waals surface area contributed by atoms with E-state index in [-0.39, 0.29) is 0 Å². The molecule has 0 fully saturated rings. The van der Waals surface area contributed by atoms with Crippen LogP contribution in [0.4, 0.5) is 0 Å². The van der Waals surface area contributed by atoms with Crippen molar-refractivity contribution in [3.63, 3.8) is 0 Å². The molecule has 2 rings (SSSR count). The molecule has 0 saturated heterocycles. The van der Waals surface area contributed by atoms with Crippen LogP contribution in [0.3, 0.4) is 0 Å². The van der Waals surface area contributed by atoms with E-state index >= 15 is 0 Å². The highest BCUT2D eigenvalue weighted by atomic mass is 15.0. The highest BCUT2D eigenvalue weighted by Crippen LogP contribution is 2.16. The number of rotatable bonds is 5. The topological polar surface area (TPSA) is 17.0 Å². The summed E-state index contributed by atoms with van der Waals surface area (Å²) in [7, 11) is 0. The summed E-state index contributed by atoms with van der Waals surface area (Å²) in [6.45, 7) is 9.48. The van der Waals surface area contributed by atoms with Crippen molar-refractivity contribution in [3.05, 3.63) is 58.9 Å². The van der Waals surface area contributed by atoms with Gasteiger partial charge in [0.1, 0.15) is 0 Å². The highest BCUT2D eigenvalue weighted by Gasteiger charge is 2.08. The average Bonchev–Trinajstić information content (AvgIpc) is 2.65. The molecular formula is C16H22N2. The summed E-state index contributed by atoms with van der Waals surface area (Å²) < 4.78 is 2.39. The second-order valence-corrected chi connectivity index (χ2v) is 4.75. The first kappa shape index (κ1) is 12.9. The van der Waals surface area contributed by atoms with Crippen molar-refractivity contribution in [1.29, 1.82) is 0 Å². The van der Waals surface area contributed by atoms with Crippen molar-refractivity contribution in [2.45, 2.75) is 33.9 Å². The molecule has 0 unspecified atom stereocenters. The Balaban J connectivity index is 2.20. The fourth-order valence-electron chi connectivity index (χ4n) is 2.32. The lowest BCUT2D eigenvalue weighted by molar-refractivity contribution is 0.706. The molecule has 2 aromatic rings. The molecule has 0 bridgehead atoms. The van der Waals surface area contributed by atoms with Gasteiger partial charge in [0.25, 0.3) is 0 Å². The van der Waals surface area contributed by atoms with Crippen molar-refractivity contribution >= 4 is 0 Å². The van der Waals surface area contributed by atoms with Gasteiger partial charge in [-0.25, -0.2) is 0 Å². The molecule has 1 aromatic heterocycles. The van der Waals surface area contributed by atoms with Crippen LogP contribution in [-0.4, -0.2) is 11.1 Å². The van der Waals surface area contributed by atoms with E-state index in [1.807, 2.05) is 0 Å². The van der Waals surface area contributed by atoms with Crippen molar-refractivity contribution in [2.24, 2.45) is 0 Å². The Morgan fingerprint density at radius 2 is 1.83 bits per heavy atom. The minimum atomic E-state index is 0.963. The molecule has 0 saturated carbocycles. The van der Waals surface area contributed by atoms with Crippen LogP contribution >= 0.6 is 0 Å². The Morgan fingerprint density at radius 1 is 1.11 bits per heavy atom. The van der Waals surface area contributed by atoms with Gasteiger partial charge in [0.05, 0.1) is 0 Å². The van der Waals surface area contributed by atoms with E-state index in [4.69, 9.17) is 0 Å². The number of benzene rings is 1. The molecule has 0 aliphatic heterocycles. The Labute approximate surface area is 110 Å². The lowest BCUT2D eigenvalue weighted by Gasteiger charge is -2.10. The van der Waals surface area contributed by atoms with Gasteiger partial charge in [-0.1, -0.05) is 37.3 Å². The molecule has 0 aliphatic rings. The summed E-state index contributed by atoms with van der Waals surface area (Å²) in [5.74, 6) is 0. The molecule has 0 aliphatic carbocycles. The maximum absolute atomic E-state index is 3.40. The quantitative estimate of drug-likeness (QED) is 0.851. The van der Waals surface area contributed by atoms with Crippen molar-refractivity contribution in [1.82, 2.24) is 9.88 Å². The van der Waals surface area contributed by atoms with Gasteiger partial charge in [-0.2, -0.15) is 0 Å². The molecule has 2 nitrogen and oxygen atoms in total. The number of hydrogen-bond acceptors (Lipinski definition) is 1. The predicted octanol–water partition coefficient (Wildman–Crippen LogP) is 3.26. The third kappa shape index (κ3) is 2.82. The lowest BCUT2D eigenvalue weighted by atomic mass is 10.2. The zero-order valence-corrected chi connectivity index (χ0v) is 11.5. The zero-order valence-electron chi connectivity index (χ0n) is 11.5. The van der Waals surface area contributed by atoms with Gasteiger partial charge in [0.2, 0.25) is 0 Å².